The number of benzene rings is 1. The van der Waals surface area contributed by atoms with E-state index in [2.05, 4.69) is 16.6 Å². The first kappa shape index (κ1) is 19.5. The maximum absolute atomic E-state index is 12.6. The minimum atomic E-state index is -3.74. The van der Waals surface area contributed by atoms with E-state index in [-0.39, 0.29) is 16.6 Å². The molecule has 0 aliphatic carbocycles. The number of sulfonamides is 1. The Balaban J connectivity index is 2.27. The van der Waals surface area contributed by atoms with Crippen molar-refractivity contribution in [1.29, 1.82) is 0 Å². The predicted molar refractivity (Wildman–Crippen MR) is 101 cm³/mol. The second-order valence-corrected chi connectivity index (χ2v) is 8.14. The summed E-state index contributed by atoms with van der Waals surface area (Å²) in [5.74, 6) is 1.09. The first-order valence-corrected chi connectivity index (χ1v) is 10.1. The molecule has 0 aliphatic heterocycles. The number of rotatable bonds is 8. The van der Waals surface area contributed by atoms with E-state index in [1.54, 1.807) is 24.3 Å². The highest BCUT2D eigenvalue weighted by molar-refractivity contribution is 7.92. The molecule has 0 radical (unpaired) electrons. The Labute approximate surface area is 154 Å². The molecule has 0 bridgehead atoms. The number of anilines is 1. The number of pyridine rings is 1. The first-order valence-electron chi connectivity index (χ1n) is 8.24. The number of hydrogen-bond acceptors (Lipinski definition) is 4. The third-order valence-corrected chi connectivity index (χ3v) is 5.21. The van der Waals surface area contributed by atoms with Gasteiger partial charge in [0.25, 0.3) is 10.0 Å². The van der Waals surface area contributed by atoms with E-state index in [0.717, 1.165) is 24.2 Å². The number of ether oxygens (including phenoxy) is 1. The van der Waals surface area contributed by atoms with E-state index in [0.29, 0.717) is 11.6 Å². The van der Waals surface area contributed by atoms with Gasteiger partial charge in [0.15, 0.2) is 0 Å². The standard InChI is InChI=1S/C18H23ClN2O3S/c1-4-5-10-24-17-8-7-15(11-16(17)13(2)3)25(22,23)21-18-9-6-14(19)12-20-18/h6-9,11-13H,4-5,10H2,1-3H3,(H,20,21). The minimum absolute atomic E-state index is 0.139. The van der Waals surface area contributed by atoms with Gasteiger partial charge in [-0.05, 0) is 48.2 Å². The van der Waals surface area contributed by atoms with Crippen molar-refractivity contribution in [2.75, 3.05) is 11.3 Å². The lowest BCUT2D eigenvalue weighted by molar-refractivity contribution is 0.305. The van der Waals surface area contributed by atoms with Crippen molar-refractivity contribution in [3.63, 3.8) is 0 Å². The monoisotopic (exact) mass is 382 g/mol. The lowest BCUT2D eigenvalue weighted by atomic mass is 10.0. The molecular formula is C18H23ClN2O3S. The molecule has 0 unspecified atom stereocenters. The zero-order valence-electron chi connectivity index (χ0n) is 14.6. The van der Waals surface area contributed by atoms with Crippen LogP contribution in [-0.2, 0) is 10.0 Å². The van der Waals surface area contributed by atoms with Crippen LogP contribution < -0.4 is 9.46 Å². The molecule has 0 atom stereocenters. The molecule has 7 heteroatoms. The van der Waals surface area contributed by atoms with E-state index in [1.807, 2.05) is 13.8 Å². The summed E-state index contributed by atoms with van der Waals surface area (Å²) in [5, 5.41) is 0.443. The van der Waals surface area contributed by atoms with Crippen LogP contribution in [0.15, 0.2) is 41.4 Å². The SMILES string of the molecule is CCCCOc1ccc(S(=O)(=O)Nc2ccc(Cl)cn2)cc1C(C)C. The third-order valence-electron chi connectivity index (χ3n) is 3.64. The largest absolute Gasteiger partial charge is 0.493 e. The quantitative estimate of drug-likeness (QED) is 0.663. The molecule has 1 heterocycles. The summed E-state index contributed by atoms with van der Waals surface area (Å²) in [4.78, 5) is 4.14. The molecule has 0 spiro atoms. The van der Waals surface area contributed by atoms with Crippen LogP contribution in [0.3, 0.4) is 0 Å². The van der Waals surface area contributed by atoms with Crippen LogP contribution in [0.1, 0.15) is 45.1 Å². The van der Waals surface area contributed by atoms with Gasteiger partial charge in [-0.3, -0.25) is 4.72 Å². The van der Waals surface area contributed by atoms with Gasteiger partial charge in [0.1, 0.15) is 11.6 Å². The average molecular weight is 383 g/mol. The topological polar surface area (TPSA) is 68.3 Å². The molecule has 0 saturated carbocycles. The number of nitrogens with one attached hydrogen (secondary N) is 1. The van der Waals surface area contributed by atoms with Crippen LogP contribution in [0.4, 0.5) is 5.82 Å². The van der Waals surface area contributed by atoms with Gasteiger partial charge in [-0.25, -0.2) is 13.4 Å². The highest BCUT2D eigenvalue weighted by Gasteiger charge is 2.18. The fourth-order valence-corrected chi connectivity index (χ4v) is 3.39. The normalized spacial score (nSPS) is 11.6. The van der Waals surface area contributed by atoms with Crippen LogP contribution in [0, 0.1) is 0 Å². The number of halogens is 1. The lowest BCUT2D eigenvalue weighted by Gasteiger charge is -2.16. The Morgan fingerprint density at radius 3 is 2.60 bits per heavy atom. The molecule has 136 valence electrons. The molecule has 1 aromatic carbocycles. The summed E-state index contributed by atoms with van der Waals surface area (Å²) in [5.41, 5.74) is 0.864. The Morgan fingerprint density at radius 1 is 1.24 bits per heavy atom. The number of hydrogen-bond donors (Lipinski definition) is 1. The molecule has 25 heavy (non-hydrogen) atoms. The van der Waals surface area contributed by atoms with E-state index in [1.165, 1.54) is 12.3 Å². The summed E-state index contributed by atoms with van der Waals surface area (Å²) in [7, 11) is -3.74. The Hall–Kier alpha value is -1.79. The van der Waals surface area contributed by atoms with Gasteiger partial charge in [-0.2, -0.15) is 0 Å². The molecule has 5 nitrogen and oxygen atoms in total. The second-order valence-electron chi connectivity index (χ2n) is 6.02. The second kappa shape index (κ2) is 8.54. The van der Waals surface area contributed by atoms with Gasteiger partial charge in [-0.15, -0.1) is 0 Å². The smallest absolute Gasteiger partial charge is 0.263 e. The van der Waals surface area contributed by atoms with Gasteiger partial charge in [0, 0.05) is 6.20 Å². The Morgan fingerprint density at radius 2 is 2.00 bits per heavy atom. The van der Waals surface area contributed by atoms with E-state index >= 15 is 0 Å². The number of aromatic nitrogens is 1. The highest BCUT2D eigenvalue weighted by Crippen LogP contribution is 2.30. The zero-order chi connectivity index (χ0) is 18.4. The maximum Gasteiger partial charge on any atom is 0.263 e. The van der Waals surface area contributed by atoms with Gasteiger partial charge >= 0.3 is 0 Å². The van der Waals surface area contributed by atoms with E-state index in [4.69, 9.17) is 16.3 Å². The summed E-state index contributed by atoms with van der Waals surface area (Å²) in [6, 6.07) is 8.02. The summed E-state index contributed by atoms with van der Waals surface area (Å²) in [6.45, 7) is 6.73. The summed E-state index contributed by atoms with van der Waals surface area (Å²) >= 11 is 5.77. The molecule has 0 aliphatic rings. The fourth-order valence-electron chi connectivity index (χ4n) is 2.24. The zero-order valence-corrected chi connectivity index (χ0v) is 16.2. The van der Waals surface area contributed by atoms with Crippen molar-refractivity contribution in [2.45, 2.75) is 44.4 Å². The van der Waals surface area contributed by atoms with Crippen LogP contribution in [-0.4, -0.2) is 20.0 Å². The van der Waals surface area contributed by atoms with Gasteiger partial charge < -0.3 is 4.74 Å². The number of unbranched alkanes of at least 4 members (excludes halogenated alkanes) is 1. The fraction of sp³-hybridized carbons (Fsp3) is 0.389. The maximum atomic E-state index is 12.6. The van der Waals surface area contributed by atoms with E-state index < -0.39 is 10.0 Å². The van der Waals surface area contributed by atoms with Crippen LogP contribution in [0.25, 0.3) is 0 Å². The molecule has 0 saturated heterocycles. The Bertz CT molecular complexity index is 806. The molecule has 1 aromatic heterocycles. The van der Waals surface area contributed by atoms with E-state index in [9.17, 15) is 8.42 Å². The van der Waals surface area contributed by atoms with Crippen LogP contribution >= 0.6 is 11.6 Å². The Kier molecular flexibility index (Phi) is 6.67. The highest BCUT2D eigenvalue weighted by atomic mass is 35.5. The molecule has 0 amide bonds. The van der Waals surface area contributed by atoms with Crippen molar-refractivity contribution in [3.8, 4) is 5.75 Å². The van der Waals surface area contributed by atoms with Crippen molar-refractivity contribution >= 4 is 27.4 Å². The van der Waals surface area contributed by atoms with Crippen LogP contribution in [0.2, 0.25) is 5.02 Å². The molecule has 0 fully saturated rings. The average Bonchev–Trinajstić information content (AvgIpc) is 2.57. The van der Waals surface area contributed by atoms with Gasteiger partial charge in [-0.1, -0.05) is 38.8 Å². The molecule has 2 aromatic rings. The van der Waals surface area contributed by atoms with Gasteiger partial charge in [0.2, 0.25) is 0 Å². The summed E-state index contributed by atoms with van der Waals surface area (Å²) < 4.78 is 33.5. The van der Waals surface area contributed by atoms with Crippen LogP contribution in [0.5, 0.6) is 5.75 Å². The third kappa shape index (κ3) is 5.34. The summed E-state index contributed by atoms with van der Waals surface area (Å²) in [6.07, 6.45) is 3.40. The van der Waals surface area contributed by atoms with Gasteiger partial charge in [0.05, 0.1) is 16.5 Å². The molecule has 2 rings (SSSR count). The predicted octanol–water partition coefficient (Wildman–Crippen LogP) is 4.84. The van der Waals surface area contributed by atoms with Crippen molar-refractivity contribution in [3.05, 3.63) is 47.1 Å². The van der Waals surface area contributed by atoms with Crippen molar-refractivity contribution < 1.29 is 13.2 Å². The number of nitrogens with zero attached hydrogens (tertiary/aromatic N) is 1. The molecule has 1 N–H and O–H groups in total. The minimum Gasteiger partial charge on any atom is -0.493 e. The lowest BCUT2D eigenvalue weighted by Crippen LogP contribution is -2.14. The first-order chi connectivity index (χ1) is 11.8. The van der Waals surface area contributed by atoms with Crippen molar-refractivity contribution in [2.24, 2.45) is 0 Å². The molecular weight excluding hydrogens is 360 g/mol. The van der Waals surface area contributed by atoms with Crippen molar-refractivity contribution in [1.82, 2.24) is 4.98 Å².